The topological polar surface area (TPSA) is 12.0 Å². The highest BCUT2D eigenvalue weighted by atomic mass is 32.2. The molecule has 2 unspecified atom stereocenters. The van der Waals surface area contributed by atoms with E-state index in [0.29, 0.717) is 0 Å². The Morgan fingerprint density at radius 1 is 1.33 bits per heavy atom. The first-order chi connectivity index (χ1) is 4.45. The maximum Gasteiger partial charge on any atom is 0.0185 e. The van der Waals surface area contributed by atoms with Crippen molar-refractivity contribution in [3.63, 3.8) is 0 Å². The molecule has 3 rings (SSSR count). The van der Waals surface area contributed by atoms with E-state index in [0.717, 1.165) is 10.5 Å². The third kappa shape index (κ3) is 1.24. The van der Waals surface area contributed by atoms with Gasteiger partial charge in [-0.1, -0.05) is 0 Å². The van der Waals surface area contributed by atoms with Gasteiger partial charge < -0.3 is 5.32 Å². The Kier molecular flexibility index (Phi) is 1.68. The summed E-state index contributed by atoms with van der Waals surface area (Å²) in [6.07, 6.45) is 4.33. The van der Waals surface area contributed by atoms with E-state index in [9.17, 15) is 0 Å². The Bertz CT molecular complexity index is 83.6. The number of nitrogens with one attached hydrogen (secondary N) is 1. The van der Waals surface area contributed by atoms with Crippen LogP contribution >= 0.6 is 11.8 Å². The van der Waals surface area contributed by atoms with Crippen molar-refractivity contribution in [2.45, 2.75) is 29.8 Å². The van der Waals surface area contributed by atoms with Crippen molar-refractivity contribution in [2.24, 2.45) is 0 Å². The van der Waals surface area contributed by atoms with Crippen molar-refractivity contribution < 1.29 is 0 Å². The van der Waals surface area contributed by atoms with Crippen molar-refractivity contribution in [3.8, 4) is 0 Å². The number of hydrogen-bond donors (Lipinski definition) is 1. The summed E-state index contributed by atoms with van der Waals surface area (Å²) in [7, 11) is 0. The summed E-state index contributed by atoms with van der Waals surface area (Å²) in [6.45, 7) is 2.52. The average molecular weight is 143 g/mol. The van der Waals surface area contributed by atoms with Gasteiger partial charge in [0.2, 0.25) is 0 Å². The molecule has 0 amide bonds. The van der Waals surface area contributed by atoms with Gasteiger partial charge in [-0.25, -0.2) is 0 Å². The van der Waals surface area contributed by atoms with E-state index in [-0.39, 0.29) is 0 Å². The molecule has 3 heterocycles. The maximum absolute atomic E-state index is 3.45. The Morgan fingerprint density at radius 3 is 3.11 bits per heavy atom. The van der Waals surface area contributed by atoms with E-state index in [2.05, 4.69) is 17.1 Å². The molecule has 1 nitrogen and oxygen atoms in total. The second kappa shape index (κ2) is 2.51. The number of fused-ring (bicyclic) bond motifs is 4. The minimum atomic E-state index is 0.968. The van der Waals surface area contributed by atoms with Crippen LogP contribution in [0.2, 0.25) is 0 Å². The molecule has 0 aromatic carbocycles. The molecule has 9 heavy (non-hydrogen) atoms. The van der Waals surface area contributed by atoms with Gasteiger partial charge in [0.15, 0.2) is 0 Å². The molecule has 3 fully saturated rings. The first-order valence-corrected chi connectivity index (χ1v) is 4.75. The summed E-state index contributed by atoms with van der Waals surface area (Å²) < 4.78 is 0. The van der Waals surface area contributed by atoms with Gasteiger partial charge in [0.25, 0.3) is 0 Å². The van der Waals surface area contributed by atoms with E-state index in [4.69, 9.17) is 0 Å². The molecule has 0 radical (unpaired) electrons. The largest absolute Gasteiger partial charge is 0.316 e. The molecular weight excluding hydrogens is 130 g/mol. The number of rotatable bonds is 0. The van der Waals surface area contributed by atoms with Crippen LogP contribution in [0.1, 0.15) is 19.3 Å². The molecular formula is C7H13NS. The Labute approximate surface area is 60.6 Å². The Hall–Kier alpha value is 0.310. The smallest absolute Gasteiger partial charge is 0.0185 e. The SMILES string of the molecule is C1CNCC2CC(C1)S2. The summed E-state index contributed by atoms with van der Waals surface area (Å²) in [5.41, 5.74) is 0. The fourth-order valence-corrected chi connectivity index (χ4v) is 2.98. The molecule has 0 aromatic rings. The highest BCUT2D eigenvalue weighted by Gasteiger charge is 2.29. The lowest BCUT2D eigenvalue weighted by Gasteiger charge is -2.37. The summed E-state index contributed by atoms with van der Waals surface area (Å²) in [4.78, 5) is 0. The average Bonchev–Trinajstić information content (AvgIpc) is 1.54. The van der Waals surface area contributed by atoms with E-state index < -0.39 is 0 Å². The van der Waals surface area contributed by atoms with Crippen molar-refractivity contribution in [3.05, 3.63) is 0 Å². The lowest BCUT2D eigenvalue weighted by Crippen LogP contribution is -2.39. The quantitative estimate of drug-likeness (QED) is 0.547. The van der Waals surface area contributed by atoms with Gasteiger partial charge in [0.05, 0.1) is 0 Å². The van der Waals surface area contributed by atoms with Crippen molar-refractivity contribution in [2.75, 3.05) is 13.1 Å². The summed E-state index contributed by atoms with van der Waals surface area (Å²) >= 11 is 2.19. The summed E-state index contributed by atoms with van der Waals surface area (Å²) in [6, 6.07) is 0. The Balaban J connectivity index is 1.85. The van der Waals surface area contributed by atoms with Gasteiger partial charge in [-0.15, -0.1) is 0 Å². The number of thioether (sulfide) groups is 1. The van der Waals surface area contributed by atoms with Crippen LogP contribution in [0.15, 0.2) is 0 Å². The maximum atomic E-state index is 3.45. The predicted octanol–water partition coefficient (Wildman–Crippen LogP) is 1.24. The van der Waals surface area contributed by atoms with Crippen molar-refractivity contribution >= 4 is 11.8 Å². The molecule has 0 aromatic heterocycles. The van der Waals surface area contributed by atoms with Gasteiger partial charge in [-0.05, 0) is 25.8 Å². The zero-order valence-electron chi connectivity index (χ0n) is 5.60. The molecule has 0 aliphatic carbocycles. The predicted molar refractivity (Wildman–Crippen MR) is 41.9 cm³/mol. The molecule has 52 valence electrons. The van der Waals surface area contributed by atoms with Gasteiger partial charge in [-0.3, -0.25) is 0 Å². The molecule has 3 aliphatic heterocycles. The third-order valence-electron chi connectivity index (χ3n) is 2.16. The van der Waals surface area contributed by atoms with Crippen LogP contribution in [0, 0.1) is 0 Å². The zero-order chi connectivity index (χ0) is 6.10. The van der Waals surface area contributed by atoms with Crippen molar-refractivity contribution in [1.82, 2.24) is 5.32 Å². The van der Waals surface area contributed by atoms with Crippen LogP contribution in [0.4, 0.5) is 0 Å². The Morgan fingerprint density at radius 2 is 2.22 bits per heavy atom. The standard InChI is InChI=1S/C7H13NS/c1-2-6-4-7(9-6)5-8-3-1/h6-8H,1-5H2. The second-order valence-electron chi connectivity index (χ2n) is 2.96. The first-order valence-electron chi connectivity index (χ1n) is 3.81. The van der Waals surface area contributed by atoms with Gasteiger partial charge in [0.1, 0.15) is 0 Å². The fourth-order valence-electron chi connectivity index (χ4n) is 1.59. The van der Waals surface area contributed by atoms with Gasteiger partial charge in [-0.2, -0.15) is 11.8 Å². The van der Waals surface area contributed by atoms with Crippen LogP contribution in [0.25, 0.3) is 0 Å². The molecule has 2 bridgehead atoms. The van der Waals surface area contributed by atoms with Gasteiger partial charge in [0, 0.05) is 17.0 Å². The van der Waals surface area contributed by atoms with Crippen LogP contribution in [-0.2, 0) is 0 Å². The third-order valence-corrected chi connectivity index (χ3v) is 3.72. The lowest BCUT2D eigenvalue weighted by atomic mass is 10.1. The normalized spacial score (nSPS) is 42.7. The highest BCUT2D eigenvalue weighted by molar-refractivity contribution is 8.01. The monoisotopic (exact) mass is 143 g/mol. The van der Waals surface area contributed by atoms with Crippen LogP contribution in [0.5, 0.6) is 0 Å². The van der Waals surface area contributed by atoms with E-state index in [1.807, 2.05) is 0 Å². The summed E-state index contributed by atoms with van der Waals surface area (Å²) in [5.74, 6) is 0. The van der Waals surface area contributed by atoms with Crippen molar-refractivity contribution in [1.29, 1.82) is 0 Å². The fraction of sp³-hybridized carbons (Fsp3) is 1.00. The first kappa shape index (κ1) is 6.05. The molecule has 0 spiro atoms. The highest BCUT2D eigenvalue weighted by Crippen LogP contribution is 2.39. The minimum Gasteiger partial charge on any atom is -0.316 e. The van der Waals surface area contributed by atoms with E-state index in [1.165, 1.54) is 32.4 Å². The molecule has 2 atom stereocenters. The van der Waals surface area contributed by atoms with Crippen LogP contribution < -0.4 is 5.32 Å². The minimum absolute atomic E-state index is 0.968. The second-order valence-corrected chi connectivity index (χ2v) is 4.57. The molecule has 0 saturated carbocycles. The zero-order valence-corrected chi connectivity index (χ0v) is 6.41. The van der Waals surface area contributed by atoms with Crippen LogP contribution in [-0.4, -0.2) is 23.6 Å². The molecule has 3 aliphatic rings. The molecule has 2 heteroatoms. The van der Waals surface area contributed by atoms with Crippen LogP contribution in [0.3, 0.4) is 0 Å². The van der Waals surface area contributed by atoms with E-state index in [1.54, 1.807) is 0 Å². The van der Waals surface area contributed by atoms with Gasteiger partial charge >= 0.3 is 0 Å². The lowest BCUT2D eigenvalue weighted by molar-refractivity contribution is 0.503. The molecule has 1 N–H and O–H groups in total. The number of hydrogen-bond acceptors (Lipinski definition) is 2. The summed E-state index contributed by atoms with van der Waals surface area (Å²) in [5, 5.41) is 5.46. The van der Waals surface area contributed by atoms with E-state index >= 15 is 0 Å². The molecule has 3 saturated heterocycles.